The maximum Gasteiger partial charge on any atom is 0.255 e. The number of benzene rings is 1. The van der Waals surface area contributed by atoms with Gasteiger partial charge < -0.3 is 20.4 Å². The number of hydrogen-bond donors (Lipinski definition) is 4. The molecule has 0 radical (unpaired) electrons. The Bertz CT molecular complexity index is 1030. The molecule has 2 aromatic heterocycles. The van der Waals surface area contributed by atoms with Crippen molar-refractivity contribution in [3.05, 3.63) is 53.2 Å². The molecule has 1 amide bonds. The Morgan fingerprint density at radius 2 is 2.18 bits per heavy atom. The van der Waals surface area contributed by atoms with Crippen LogP contribution in [0.15, 0.2) is 30.6 Å². The second-order valence-corrected chi connectivity index (χ2v) is 6.23. The zero-order valence-electron chi connectivity index (χ0n) is 15.8. The molecule has 3 aromatic rings. The van der Waals surface area contributed by atoms with Gasteiger partial charge in [-0.05, 0) is 25.1 Å². The molecule has 146 valence electrons. The van der Waals surface area contributed by atoms with Gasteiger partial charge in [-0.3, -0.25) is 10.2 Å². The van der Waals surface area contributed by atoms with Crippen molar-refractivity contribution < 1.29 is 13.9 Å². The number of H-pyrrole nitrogens is 1. The summed E-state index contributed by atoms with van der Waals surface area (Å²) in [5.41, 5.74) is 2.41. The van der Waals surface area contributed by atoms with Crippen molar-refractivity contribution >= 4 is 28.5 Å². The number of aromatic nitrogens is 3. The van der Waals surface area contributed by atoms with E-state index in [-0.39, 0.29) is 23.4 Å². The van der Waals surface area contributed by atoms with Crippen LogP contribution in [0.3, 0.4) is 0 Å². The number of methoxy groups -OCH3 is 1. The normalized spacial score (nSPS) is 12.0. The summed E-state index contributed by atoms with van der Waals surface area (Å²) < 4.78 is 18.6. The number of amides is 1. The van der Waals surface area contributed by atoms with Crippen LogP contribution < -0.4 is 10.6 Å². The van der Waals surface area contributed by atoms with Crippen molar-refractivity contribution in [2.45, 2.75) is 13.0 Å². The molecule has 0 aliphatic carbocycles. The molecule has 3 rings (SSSR count). The zero-order valence-corrected chi connectivity index (χ0v) is 15.8. The van der Waals surface area contributed by atoms with E-state index in [1.807, 2.05) is 6.92 Å². The quantitative estimate of drug-likeness (QED) is 0.467. The third-order valence-electron chi connectivity index (χ3n) is 4.35. The summed E-state index contributed by atoms with van der Waals surface area (Å²) in [7, 11) is 3.22. The van der Waals surface area contributed by atoms with Crippen LogP contribution in [0.25, 0.3) is 11.2 Å². The minimum atomic E-state index is -0.405. The number of nitrogens with one attached hydrogen (secondary N) is 4. The van der Waals surface area contributed by atoms with Crippen molar-refractivity contribution in [3.8, 4) is 0 Å². The molecule has 1 aromatic carbocycles. The number of carbonyl (C=O) groups is 1. The van der Waals surface area contributed by atoms with Crippen LogP contribution in [0.4, 0.5) is 10.1 Å². The number of carbonyl (C=O) groups excluding carboxylic acids is 1. The number of rotatable bonds is 7. The van der Waals surface area contributed by atoms with Crippen LogP contribution in [0, 0.1) is 11.2 Å². The highest BCUT2D eigenvalue weighted by molar-refractivity contribution is 6.14. The summed E-state index contributed by atoms with van der Waals surface area (Å²) in [6.07, 6.45) is 2.85. The van der Waals surface area contributed by atoms with Crippen molar-refractivity contribution in [2.75, 3.05) is 26.0 Å². The fourth-order valence-electron chi connectivity index (χ4n) is 2.68. The van der Waals surface area contributed by atoms with Crippen molar-refractivity contribution in [1.82, 2.24) is 20.3 Å². The summed E-state index contributed by atoms with van der Waals surface area (Å²) in [4.78, 5) is 24.1. The third kappa shape index (κ3) is 3.84. The molecule has 0 fully saturated rings. The highest BCUT2D eigenvalue weighted by Gasteiger charge is 2.18. The van der Waals surface area contributed by atoms with Gasteiger partial charge in [-0.15, -0.1) is 0 Å². The average Bonchev–Trinajstić information content (AvgIpc) is 3.14. The van der Waals surface area contributed by atoms with Crippen LogP contribution in [0.1, 0.15) is 28.5 Å². The molecule has 0 aliphatic heterocycles. The lowest BCUT2D eigenvalue weighted by molar-refractivity contribution is 0.0871. The van der Waals surface area contributed by atoms with Gasteiger partial charge in [-0.1, -0.05) is 0 Å². The number of fused-ring (bicyclic) bond motifs is 1. The lowest BCUT2D eigenvalue weighted by atomic mass is 10.1. The first-order chi connectivity index (χ1) is 13.4. The van der Waals surface area contributed by atoms with E-state index in [9.17, 15) is 9.18 Å². The summed E-state index contributed by atoms with van der Waals surface area (Å²) in [6.45, 7) is 2.20. The largest absolute Gasteiger partial charge is 0.387 e. The monoisotopic (exact) mass is 384 g/mol. The average molecular weight is 384 g/mol. The van der Waals surface area contributed by atoms with Crippen LogP contribution in [-0.4, -0.2) is 53.4 Å². The van der Waals surface area contributed by atoms with Crippen molar-refractivity contribution in [1.29, 1.82) is 5.41 Å². The SMILES string of the molecule is CNc1cc(F)ccc1C(=N)c1cnc2[nH]cc(C(=O)NC[C@H](C)OC)c2n1. The van der Waals surface area contributed by atoms with Gasteiger partial charge in [0.05, 0.1) is 23.6 Å². The Balaban J connectivity index is 1.94. The Morgan fingerprint density at radius 1 is 1.39 bits per heavy atom. The molecule has 4 N–H and O–H groups in total. The summed E-state index contributed by atoms with van der Waals surface area (Å²) in [6, 6.07) is 4.09. The molecule has 8 nitrogen and oxygen atoms in total. The maximum atomic E-state index is 13.5. The van der Waals surface area contributed by atoms with Gasteiger partial charge in [0.2, 0.25) is 0 Å². The number of aromatic amines is 1. The molecule has 9 heteroatoms. The lowest BCUT2D eigenvalue weighted by Gasteiger charge is -2.11. The van der Waals surface area contributed by atoms with Crippen LogP contribution in [0.5, 0.6) is 0 Å². The van der Waals surface area contributed by atoms with E-state index >= 15 is 0 Å². The first-order valence-corrected chi connectivity index (χ1v) is 8.66. The minimum Gasteiger partial charge on any atom is -0.387 e. The molecular weight excluding hydrogens is 363 g/mol. The fourth-order valence-corrected chi connectivity index (χ4v) is 2.68. The molecule has 28 heavy (non-hydrogen) atoms. The second kappa shape index (κ2) is 8.13. The molecule has 0 saturated heterocycles. The molecule has 2 heterocycles. The predicted molar refractivity (Wildman–Crippen MR) is 105 cm³/mol. The summed E-state index contributed by atoms with van der Waals surface area (Å²) >= 11 is 0. The van der Waals surface area contributed by atoms with Gasteiger partial charge in [0, 0.05) is 38.1 Å². The van der Waals surface area contributed by atoms with Crippen LogP contribution in [0.2, 0.25) is 0 Å². The third-order valence-corrected chi connectivity index (χ3v) is 4.35. The van der Waals surface area contributed by atoms with Gasteiger partial charge in [0.25, 0.3) is 5.91 Å². The fraction of sp³-hybridized carbons (Fsp3) is 0.263. The molecule has 0 spiro atoms. The van der Waals surface area contributed by atoms with Gasteiger partial charge in [-0.25, -0.2) is 14.4 Å². The smallest absolute Gasteiger partial charge is 0.255 e. The summed E-state index contributed by atoms with van der Waals surface area (Å²) in [5.74, 6) is -0.719. The highest BCUT2D eigenvalue weighted by atomic mass is 19.1. The molecule has 0 bridgehead atoms. The lowest BCUT2D eigenvalue weighted by Crippen LogP contribution is -2.31. The second-order valence-electron chi connectivity index (χ2n) is 6.23. The molecular formula is C19H21FN6O2. The standard InChI is InChI=1S/C19H21FN6O2/c1-10(28-3)7-25-19(27)13-8-23-18-17(13)26-15(9-24-18)16(21)12-5-4-11(20)6-14(12)22-2/h4-6,8-10,21-22H,7H2,1-3H3,(H,23,24)(H,25,27)/t10-/m0/s1. The molecule has 1 atom stereocenters. The highest BCUT2D eigenvalue weighted by Crippen LogP contribution is 2.21. The first-order valence-electron chi connectivity index (χ1n) is 8.66. The van der Waals surface area contributed by atoms with E-state index in [2.05, 4.69) is 25.6 Å². The molecule has 0 unspecified atom stereocenters. The Labute approximate surface area is 161 Å². The zero-order chi connectivity index (χ0) is 20.3. The number of nitrogens with zero attached hydrogens (tertiary/aromatic N) is 2. The van der Waals surface area contributed by atoms with Gasteiger partial charge in [0.1, 0.15) is 17.0 Å². The van der Waals surface area contributed by atoms with Crippen LogP contribution >= 0.6 is 0 Å². The Morgan fingerprint density at radius 3 is 2.89 bits per heavy atom. The molecule has 0 aliphatic rings. The Hall–Kier alpha value is -3.33. The van der Waals surface area contributed by atoms with E-state index in [1.165, 1.54) is 30.6 Å². The van der Waals surface area contributed by atoms with E-state index in [1.54, 1.807) is 14.2 Å². The minimum absolute atomic E-state index is 0.0688. The van der Waals surface area contributed by atoms with Crippen molar-refractivity contribution in [2.24, 2.45) is 0 Å². The van der Waals surface area contributed by atoms with Gasteiger partial charge in [0.15, 0.2) is 5.65 Å². The van der Waals surface area contributed by atoms with E-state index in [0.717, 1.165) is 0 Å². The first kappa shape index (κ1) is 19.4. The number of anilines is 1. The van der Waals surface area contributed by atoms with Crippen LogP contribution in [-0.2, 0) is 4.74 Å². The summed E-state index contributed by atoms with van der Waals surface area (Å²) in [5, 5.41) is 14.1. The van der Waals surface area contributed by atoms with Gasteiger partial charge in [-0.2, -0.15) is 0 Å². The molecule has 0 saturated carbocycles. The number of halogens is 1. The topological polar surface area (TPSA) is 116 Å². The number of hydrogen-bond acceptors (Lipinski definition) is 6. The number of ether oxygens (including phenoxy) is 1. The van der Waals surface area contributed by atoms with E-state index in [4.69, 9.17) is 10.1 Å². The Kier molecular flexibility index (Phi) is 5.65. The van der Waals surface area contributed by atoms with Crippen molar-refractivity contribution in [3.63, 3.8) is 0 Å². The predicted octanol–water partition coefficient (Wildman–Crippen LogP) is 2.32. The maximum absolute atomic E-state index is 13.5. The van der Waals surface area contributed by atoms with E-state index in [0.29, 0.717) is 34.5 Å². The van der Waals surface area contributed by atoms with E-state index < -0.39 is 5.82 Å². The van der Waals surface area contributed by atoms with Gasteiger partial charge >= 0.3 is 0 Å².